The molecule has 0 rings (SSSR count). The number of aliphatic carboxylic acids is 1. The molecule has 0 aromatic rings. The Morgan fingerprint density at radius 3 is 2.53 bits per heavy atom. The minimum absolute atomic E-state index is 0.0145. The van der Waals surface area contributed by atoms with E-state index in [1.54, 1.807) is 0 Å². The van der Waals surface area contributed by atoms with E-state index in [0.717, 1.165) is 0 Å². The van der Waals surface area contributed by atoms with Crippen LogP contribution in [0.2, 0.25) is 0 Å². The third kappa shape index (κ3) is 6.36. The van der Waals surface area contributed by atoms with E-state index in [1.165, 1.54) is 13.0 Å². The van der Waals surface area contributed by atoms with E-state index in [-0.39, 0.29) is 6.61 Å². The third-order valence-corrected chi connectivity index (χ3v) is 1.67. The number of halogens is 1. The number of hydrogen-bond acceptors (Lipinski definition) is 5. The number of carbonyl (C=O) groups is 3. The molecular formula is C10H11ClO6. The summed E-state index contributed by atoms with van der Waals surface area (Å²) in [4.78, 5) is 32.5. The van der Waals surface area contributed by atoms with Gasteiger partial charge in [-0.3, -0.25) is 0 Å². The molecule has 0 amide bonds. The molecule has 0 fully saturated rings. The van der Waals surface area contributed by atoms with Gasteiger partial charge in [0.1, 0.15) is 11.6 Å². The van der Waals surface area contributed by atoms with Gasteiger partial charge in [0.2, 0.25) is 0 Å². The van der Waals surface area contributed by atoms with Crippen molar-refractivity contribution in [3.8, 4) is 0 Å². The van der Waals surface area contributed by atoms with Crippen molar-refractivity contribution in [2.75, 3.05) is 6.61 Å². The molecule has 0 spiro atoms. The van der Waals surface area contributed by atoms with Gasteiger partial charge in [-0.1, -0.05) is 24.3 Å². The predicted molar refractivity (Wildman–Crippen MR) is 58.3 cm³/mol. The lowest BCUT2D eigenvalue weighted by Gasteiger charge is -2.11. The molecule has 94 valence electrons. The summed E-state index contributed by atoms with van der Waals surface area (Å²) in [5.41, 5.74) is 0. The van der Waals surface area contributed by atoms with E-state index in [9.17, 15) is 14.4 Å². The Balaban J connectivity index is 4.33. The largest absolute Gasteiger partial charge is 0.478 e. The summed E-state index contributed by atoms with van der Waals surface area (Å²) in [6.07, 6.45) is 0.633. The summed E-state index contributed by atoms with van der Waals surface area (Å²) in [5.74, 6) is -3.29. The zero-order chi connectivity index (χ0) is 13.4. The molecule has 0 heterocycles. The van der Waals surface area contributed by atoms with Gasteiger partial charge in [0.25, 0.3) is 0 Å². The maximum absolute atomic E-state index is 11.2. The number of carbonyl (C=O) groups excluding carboxylic acids is 2. The van der Waals surface area contributed by atoms with Crippen molar-refractivity contribution in [3.63, 3.8) is 0 Å². The highest BCUT2D eigenvalue weighted by Crippen LogP contribution is 2.07. The number of rotatable bonds is 6. The van der Waals surface area contributed by atoms with Crippen LogP contribution in [0.3, 0.4) is 0 Å². The van der Waals surface area contributed by atoms with Crippen molar-refractivity contribution >= 4 is 29.5 Å². The molecule has 0 aromatic heterocycles. The Bertz CT molecular complexity index is 360. The third-order valence-electron chi connectivity index (χ3n) is 1.40. The second kappa shape index (κ2) is 7.45. The molecule has 0 saturated carbocycles. The molecule has 17 heavy (non-hydrogen) atoms. The molecule has 1 N–H and O–H groups in total. The van der Waals surface area contributed by atoms with Gasteiger partial charge in [-0.2, -0.15) is 0 Å². The minimum atomic E-state index is -1.39. The summed E-state index contributed by atoms with van der Waals surface area (Å²) in [6.45, 7) is 4.59. The molecular weight excluding hydrogens is 252 g/mol. The van der Waals surface area contributed by atoms with E-state index in [4.69, 9.17) is 16.7 Å². The molecule has 1 atom stereocenters. The van der Waals surface area contributed by atoms with Crippen LogP contribution in [0, 0.1) is 0 Å². The van der Waals surface area contributed by atoms with Crippen LogP contribution in [0.25, 0.3) is 0 Å². The van der Waals surface area contributed by atoms with Crippen molar-refractivity contribution in [1.29, 1.82) is 0 Å². The topological polar surface area (TPSA) is 89.9 Å². The Labute approximate surface area is 102 Å². The van der Waals surface area contributed by atoms with E-state index in [1.807, 2.05) is 0 Å². The van der Waals surface area contributed by atoms with E-state index in [2.05, 4.69) is 16.1 Å². The fourth-order valence-corrected chi connectivity index (χ4v) is 0.829. The van der Waals surface area contributed by atoms with E-state index < -0.39 is 29.0 Å². The average Bonchev–Trinajstić information content (AvgIpc) is 2.24. The van der Waals surface area contributed by atoms with Crippen molar-refractivity contribution in [2.45, 2.75) is 13.0 Å². The van der Waals surface area contributed by atoms with E-state index >= 15 is 0 Å². The highest BCUT2D eigenvalue weighted by atomic mass is 35.5. The lowest BCUT2D eigenvalue weighted by Crippen LogP contribution is -2.26. The molecule has 0 aliphatic heterocycles. The van der Waals surface area contributed by atoms with Crippen LogP contribution in [-0.4, -0.2) is 35.7 Å². The molecule has 0 radical (unpaired) electrons. The Morgan fingerprint density at radius 2 is 2.06 bits per heavy atom. The maximum Gasteiger partial charge on any atom is 0.350 e. The summed E-state index contributed by atoms with van der Waals surface area (Å²) < 4.78 is 9.16. The monoisotopic (exact) mass is 262 g/mol. The first kappa shape index (κ1) is 15.2. The lowest BCUT2D eigenvalue weighted by atomic mass is 10.4. The molecule has 0 aliphatic rings. The standard InChI is InChI=1S/C10H11ClO6/c1-3-4-16-9(14)6(2)17-10(15)7(11)5-8(12)13/h3,5-6H,1,4H2,2H3,(H,12,13)/b7-5+/t6-/m1/s1. The Morgan fingerprint density at radius 1 is 1.47 bits per heavy atom. The van der Waals surface area contributed by atoms with Crippen molar-refractivity contribution in [1.82, 2.24) is 0 Å². The zero-order valence-electron chi connectivity index (χ0n) is 9.01. The van der Waals surface area contributed by atoms with Gasteiger partial charge >= 0.3 is 17.9 Å². The smallest absolute Gasteiger partial charge is 0.350 e. The molecule has 0 bridgehead atoms. The SMILES string of the molecule is C=CCOC(=O)[C@@H](C)OC(=O)/C(Cl)=C\C(=O)O. The van der Waals surface area contributed by atoms with Crippen LogP contribution >= 0.6 is 11.6 Å². The van der Waals surface area contributed by atoms with Crippen LogP contribution < -0.4 is 0 Å². The van der Waals surface area contributed by atoms with Gasteiger partial charge in [0, 0.05) is 6.08 Å². The number of ether oxygens (including phenoxy) is 2. The summed E-state index contributed by atoms with van der Waals surface area (Å²) in [6, 6.07) is 0. The summed E-state index contributed by atoms with van der Waals surface area (Å²) in [7, 11) is 0. The van der Waals surface area contributed by atoms with Gasteiger partial charge in [0.15, 0.2) is 6.10 Å². The summed E-state index contributed by atoms with van der Waals surface area (Å²) in [5, 5.41) is 7.68. The van der Waals surface area contributed by atoms with Gasteiger partial charge < -0.3 is 14.6 Å². The van der Waals surface area contributed by atoms with Gasteiger partial charge in [-0.15, -0.1) is 0 Å². The van der Waals surface area contributed by atoms with Gasteiger partial charge in [-0.25, -0.2) is 14.4 Å². The quantitative estimate of drug-likeness (QED) is 0.434. The molecule has 7 heteroatoms. The second-order valence-corrected chi connectivity index (χ2v) is 3.20. The van der Waals surface area contributed by atoms with Crippen LogP contribution in [-0.2, 0) is 23.9 Å². The normalized spacial score (nSPS) is 12.5. The number of hydrogen-bond donors (Lipinski definition) is 1. The summed E-state index contributed by atoms with van der Waals surface area (Å²) >= 11 is 5.32. The second-order valence-electron chi connectivity index (χ2n) is 2.80. The molecule has 0 saturated heterocycles. The first-order valence-electron chi connectivity index (χ1n) is 4.47. The number of esters is 2. The Hall–Kier alpha value is -1.82. The van der Waals surface area contributed by atoms with Gasteiger partial charge in [-0.05, 0) is 6.92 Å². The maximum atomic E-state index is 11.2. The van der Waals surface area contributed by atoms with Crippen molar-refractivity contribution < 1.29 is 29.0 Å². The molecule has 0 aliphatic carbocycles. The Kier molecular flexibility index (Phi) is 6.65. The first-order valence-corrected chi connectivity index (χ1v) is 4.85. The highest BCUT2D eigenvalue weighted by molar-refractivity contribution is 6.42. The highest BCUT2D eigenvalue weighted by Gasteiger charge is 2.21. The fraction of sp³-hybridized carbons (Fsp3) is 0.300. The van der Waals surface area contributed by atoms with E-state index in [0.29, 0.717) is 6.08 Å². The van der Waals surface area contributed by atoms with Crippen molar-refractivity contribution in [3.05, 3.63) is 23.8 Å². The van der Waals surface area contributed by atoms with Crippen LogP contribution in [0.4, 0.5) is 0 Å². The molecule has 6 nitrogen and oxygen atoms in total. The van der Waals surface area contributed by atoms with Crippen molar-refractivity contribution in [2.24, 2.45) is 0 Å². The van der Waals surface area contributed by atoms with Crippen LogP contribution in [0.15, 0.2) is 23.8 Å². The molecule has 0 aromatic carbocycles. The fourth-order valence-electron chi connectivity index (χ4n) is 0.691. The average molecular weight is 263 g/mol. The molecule has 0 unspecified atom stereocenters. The zero-order valence-corrected chi connectivity index (χ0v) is 9.77. The van der Waals surface area contributed by atoms with Gasteiger partial charge in [0.05, 0.1) is 0 Å². The first-order chi connectivity index (χ1) is 7.88. The van der Waals surface area contributed by atoms with Crippen LogP contribution in [0.5, 0.6) is 0 Å². The minimum Gasteiger partial charge on any atom is -0.478 e. The lowest BCUT2D eigenvalue weighted by molar-refractivity contribution is -0.163. The number of carboxylic acid groups (broad SMARTS) is 1. The number of carboxylic acids is 1. The van der Waals surface area contributed by atoms with Crippen LogP contribution in [0.1, 0.15) is 6.92 Å². The predicted octanol–water partition coefficient (Wildman–Crippen LogP) is 0.855.